The summed E-state index contributed by atoms with van der Waals surface area (Å²) in [5.74, 6) is -0.664. The van der Waals surface area contributed by atoms with Gasteiger partial charge in [-0.3, -0.25) is 9.48 Å². The number of carbonyl (C=O) groups is 2. The number of hydrogen-bond donors (Lipinski definition) is 1. The highest BCUT2D eigenvalue weighted by molar-refractivity contribution is 7.89. The maximum absolute atomic E-state index is 12.8. The Hall–Kier alpha value is -2.92. The van der Waals surface area contributed by atoms with Crippen LogP contribution in [0.3, 0.4) is 0 Å². The molecule has 0 radical (unpaired) electrons. The number of hydrogen-bond acceptors (Lipinski definition) is 6. The SMILES string of the molecule is CCOc1ccc(S(=O)(=O)N2CCN(C(=O)CCn3nccc3C(=O)O)CC2)cc1. The highest BCUT2D eigenvalue weighted by atomic mass is 32.2. The maximum atomic E-state index is 12.8. The second-order valence-electron chi connectivity index (χ2n) is 6.68. The van der Waals surface area contributed by atoms with Crippen molar-refractivity contribution in [3.05, 3.63) is 42.2 Å². The van der Waals surface area contributed by atoms with Crippen LogP contribution in [0.25, 0.3) is 0 Å². The molecule has 1 saturated heterocycles. The number of nitrogens with zero attached hydrogens (tertiary/aromatic N) is 4. The Bertz CT molecular complexity index is 994. The molecule has 0 spiro atoms. The summed E-state index contributed by atoms with van der Waals surface area (Å²) in [6.07, 6.45) is 1.46. The zero-order chi connectivity index (χ0) is 21.7. The molecule has 1 fully saturated rings. The molecule has 0 bridgehead atoms. The van der Waals surface area contributed by atoms with Gasteiger partial charge < -0.3 is 14.7 Å². The molecule has 1 aliphatic rings. The summed E-state index contributed by atoms with van der Waals surface area (Å²) < 4.78 is 33.6. The molecule has 30 heavy (non-hydrogen) atoms. The number of amides is 1. The first-order valence-electron chi connectivity index (χ1n) is 9.59. The fourth-order valence-corrected chi connectivity index (χ4v) is 4.68. The van der Waals surface area contributed by atoms with Gasteiger partial charge in [0.15, 0.2) is 0 Å². The quantitative estimate of drug-likeness (QED) is 0.652. The lowest BCUT2D eigenvalue weighted by molar-refractivity contribution is -0.132. The van der Waals surface area contributed by atoms with Crippen molar-refractivity contribution in [3.8, 4) is 5.75 Å². The van der Waals surface area contributed by atoms with E-state index in [0.717, 1.165) is 0 Å². The van der Waals surface area contributed by atoms with Gasteiger partial charge in [0.25, 0.3) is 0 Å². The predicted molar refractivity (Wildman–Crippen MR) is 107 cm³/mol. The highest BCUT2D eigenvalue weighted by Gasteiger charge is 2.30. The summed E-state index contributed by atoms with van der Waals surface area (Å²) in [6, 6.07) is 7.65. The fourth-order valence-electron chi connectivity index (χ4n) is 3.25. The molecule has 1 amide bonds. The fraction of sp³-hybridized carbons (Fsp3) is 0.421. The zero-order valence-corrected chi connectivity index (χ0v) is 17.4. The number of ether oxygens (including phenoxy) is 1. The second-order valence-corrected chi connectivity index (χ2v) is 8.62. The van der Waals surface area contributed by atoms with Gasteiger partial charge in [0.05, 0.1) is 18.0 Å². The average molecular weight is 436 g/mol. The van der Waals surface area contributed by atoms with E-state index in [1.54, 1.807) is 17.0 Å². The van der Waals surface area contributed by atoms with E-state index >= 15 is 0 Å². The first-order valence-corrected chi connectivity index (χ1v) is 11.0. The zero-order valence-electron chi connectivity index (χ0n) is 16.6. The Morgan fingerprint density at radius 2 is 1.77 bits per heavy atom. The molecule has 0 aliphatic carbocycles. The van der Waals surface area contributed by atoms with Crippen LogP contribution in [0.2, 0.25) is 0 Å². The number of piperazine rings is 1. The lowest BCUT2D eigenvalue weighted by Crippen LogP contribution is -2.50. The molecule has 10 nitrogen and oxygen atoms in total. The Balaban J connectivity index is 1.55. The largest absolute Gasteiger partial charge is 0.494 e. The number of carboxylic acids is 1. The molecule has 2 heterocycles. The first-order chi connectivity index (χ1) is 14.3. The van der Waals surface area contributed by atoms with Crippen molar-refractivity contribution in [3.63, 3.8) is 0 Å². The van der Waals surface area contributed by atoms with Gasteiger partial charge in [-0.25, -0.2) is 13.2 Å². The number of benzene rings is 1. The standard InChI is InChI=1S/C19H24N4O6S/c1-2-29-15-3-5-16(6-4-15)30(27,28)22-13-11-21(12-14-22)18(24)8-10-23-17(19(25)26)7-9-20-23/h3-7,9H,2,8,10-14H2,1H3,(H,25,26). The number of sulfonamides is 1. The minimum absolute atomic E-state index is 0.0223. The molecule has 162 valence electrons. The van der Waals surface area contributed by atoms with Gasteiger partial charge in [-0.05, 0) is 37.3 Å². The third-order valence-corrected chi connectivity index (χ3v) is 6.75. The van der Waals surface area contributed by atoms with Crippen LogP contribution in [0, 0.1) is 0 Å². The molecule has 11 heteroatoms. The van der Waals surface area contributed by atoms with E-state index in [1.807, 2.05) is 6.92 Å². The van der Waals surface area contributed by atoms with Crippen LogP contribution >= 0.6 is 0 Å². The molecule has 1 N–H and O–H groups in total. The van der Waals surface area contributed by atoms with Gasteiger partial charge in [-0.1, -0.05) is 0 Å². The van der Waals surface area contributed by atoms with E-state index < -0.39 is 16.0 Å². The third-order valence-electron chi connectivity index (χ3n) is 4.84. The van der Waals surface area contributed by atoms with Gasteiger partial charge in [0.2, 0.25) is 15.9 Å². The van der Waals surface area contributed by atoms with Gasteiger partial charge in [-0.15, -0.1) is 0 Å². The number of carbonyl (C=O) groups excluding carboxylic acids is 1. The van der Waals surface area contributed by atoms with E-state index in [1.165, 1.54) is 33.4 Å². The van der Waals surface area contributed by atoms with Crippen LogP contribution in [0.15, 0.2) is 41.4 Å². The Kier molecular flexibility index (Phi) is 6.73. The van der Waals surface area contributed by atoms with E-state index in [2.05, 4.69) is 5.10 Å². The predicted octanol–water partition coefficient (Wildman–Crippen LogP) is 0.903. The number of aromatic nitrogens is 2. The van der Waals surface area contributed by atoms with E-state index in [9.17, 15) is 18.0 Å². The van der Waals surface area contributed by atoms with Crippen LogP contribution in [0.4, 0.5) is 0 Å². The minimum atomic E-state index is -3.65. The second kappa shape index (κ2) is 9.26. The number of aromatic carboxylic acids is 1. The normalized spacial score (nSPS) is 15.2. The highest BCUT2D eigenvalue weighted by Crippen LogP contribution is 2.21. The van der Waals surface area contributed by atoms with E-state index in [4.69, 9.17) is 9.84 Å². The lowest BCUT2D eigenvalue weighted by atomic mass is 10.3. The molecule has 2 aromatic rings. The maximum Gasteiger partial charge on any atom is 0.354 e. The molecule has 0 saturated carbocycles. The van der Waals surface area contributed by atoms with Crippen LogP contribution in [0.1, 0.15) is 23.8 Å². The van der Waals surface area contributed by atoms with Crippen molar-refractivity contribution in [2.24, 2.45) is 0 Å². The number of carboxylic acid groups (broad SMARTS) is 1. The summed E-state index contributed by atoms with van der Waals surface area (Å²) in [4.78, 5) is 25.3. The molecular formula is C19H24N4O6S. The average Bonchev–Trinajstić information content (AvgIpc) is 3.22. The Labute approximate surface area is 174 Å². The van der Waals surface area contributed by atoms with Crippen molar-refractivity contribution in [1.29, 1.82) is 0 Å². The Morgan fingerprint density at radius 1 is 1.10 bits per heavy atom. The van der Waals surface area contributed by atoms with Crippen LogP contribution < -0.4 is 4.74 Å². The summed E-state index contributed by atoms with van der Waals surface area (Å²) in [5.41, 5.74) is 0.0223. The topological polar surface area (TPSA) is 122 Å². The van der Waals surface area contributed by atoms with Gasteiger partial charge in [0, 0.05) is 38.8 Å². The first kappa shape index (κ1) is 21.8. The van der Waals surface area contributed by atoms with E-state index in [-0.39, 0.29) is 55.6 Å². The Morgan fingerprint density at radius 3 is 2.37 bits per heavy atom. The summed E-state index contributed by atoms with van der Waals surface area (Å²) in [6.45, 7) is 3.46. The van der Waals surface area contributed by atoms with Crippen molar-refractivity contribution in [2.45, 2.75) is 24.8 Å². The number of rotatable bonds is 8. The summed E-state index contributed by atoms with van der Waals surface area (Å²) in [7, 11) is -3.65. The number of aryl methyl sites for hydroxylation is 1. The monoisotopic (exact) mass is 436 g/mol. The van der Waals surface area contributed by atoms with Crippen molar-refractivity contribution in [2.75, 3.05) is 32.8 Å². The van der Waals surface area contributed by atoms with Gasteiger partial charge in [-0.2, -0.15) is 9.40 Å². The van der Waals surface area contributed by atoms with Crippen molar-refractivity contribution in [1.82, 2.24) is 19.0 Å². The molecule has 3 rings (SSSR count). The molecule has 1 aromatic carbocycles. The molecular weight excluding hydrogens is 412 g/mol. The lowest BCUT2D eigenvalue weighted by Gasteiger charge is -2.34. The van der Waals surface area contributed by atoms with Crippen LogP contribution in [0.5, 0.6) is 5.75 Å². The smallest absolute Gasteiger partial charge is 0.354 e. The van der Waals surface area contributed by atoms with Gasteiger partial charge >= 0.3 is 5.97 Å². The molecule has 1 aromatic heterocycles. The molecule has 1 aliphatic heterocycles. The van der Waals surface area contributed by atoms with Crippen molar-refractivity contribution < 1.29 is 27.9 Å². The minimum Gasteiger partial charge on any atom is -0.494 e. The van der Waals surface area contributed by atoms with E-state index in [0.29, 0.717) is 12.4 Å². The third kappa shape index (κ3) is 4.79. The van der Waals surface area contributed by atoms with Crippen LogP contribution in [-0.4, -0.2) is 77.2 Å². The summed E-state index contributed by atoms with van der Waals surface area (Å²) >= 11 is 0. The van der Waals surface area contributed by atoms with Crippen molar-refractivity contribution >= 4 is 21.9 Å². The summed E-state index contributed by atoms with van der Waals surface area (Å²) in [5, 5.41) is 13.0. The van der Waals surface area contributed by atoms with Crippen LogP contribution in [-0.2, 0) is 21.4 Å². The molecule has 0 unspecified atom stereocenters. The molecule has 0 atom stereocenters. The van der Waals surface area contributed by atoms with Gasteiger partial charge in [0.1, 0.15) is 11.4 Å².